The summed E-state index contributed by atoms with van der Waals surface area (Å²) in [4.78, 5) is 14.1. The summed E-state index contributed by atoms with van der Waals surface area (Å²) in [5.41, 5.74) is 1.32. The van der Waals surface area contributed by atoms with Crippen LogP contribution in [0.15, 0.2) is 30.3 Å². The van der Waals surface area contributed by atoms with Gasteiger partial charge in [0.15, 0.2) is 0 Å². The van der Waals surface area contributed by atoms with E-state index >= 15 is 0 Å². The van der Waals surface area contributed by atoms with Crippen LogP contribution in [0.25, 0.3) is 0 Å². The van der Waals surface area contributed by atoms with Crippen molar-refractivity contribution in [1.82, 2.24) is 4.90 Å². The summed E-state index contributed by atoms with van der Waals surface area (Å²) in [6.45, 7) is 4.86. The van der Waals surface area contributed by atoms with Gasteiger partial charge in [0, 0.05) is 19.5 Å². The van der Waals surface area contributed by atoms with Gasteiger partial charge in [0.05, 0.1) is 0 Å². The minimum Gasteiger partial charge on any atom is -0.340 e. The highest BCUT2D eigenvalue weighted by molar-refractivity contribution is 5.73. The van der Waals surface area contributed by atoms with Crippen molar-refractivity contribution in [2.45, 2.75) is 58.4 Å². The molecule has 0 aliphatic heterocycles. The fourth-order valence-corrected chi connectivity index (χ4v) is 3.36. The lowest BCUT2D eigenvalue weighted by molar-refractivity contribution is -0.132. The van der Waals surface area contributed by atoms with E-state index in [9.17, 15) is 4.79 Å². The lowest BCUT2D eigenvalue weighted by Crippen LogP contribution is -2.42. The highest BCUT2D eigenvalue weighted by Gasteiger charge is 2.26. The van der Waals surface area contributed by atoms with Crippen molar-refractivity contribution in [2.75, 3.05) is 6.54 Å². The molecule has 0 saturated heterocycles. The lowest BCUT2D eigenvalue weighted by atomic mass is 9.84. The van der Waals surface area contributed by atoms with Crippen molar-refractivity contribution >= 4 is 5.91 Å². The van der Waals surface area contributed by atoms with E-state index in [1.807, 2.05) is 6.07 Å². The largest absolute Gasteiger partial charge is 0.340 e. The van der Waals surface area contributed by atoms with Crippen molar-refractivity contribution in [3.63, 3.8) is 0 Å². The second-order valence-electron chi connectivity index (χ2n) is 6.03. The third kappa shape index (κ3) is 4.09. The molecule has 2 nitrogen and oxygen atoms in total. The molecule has 1 aromatic rings. The molecule has 0 radical (unpaired) electrons. The van der Waals surface area contributed by atoms with Crippen LogP contribution in [0.5, 0.6) is 0 Å². The van der Waals surface area contributed by atoms with Gasteiger partial charge in [-0.1, -0.05) is 43.7 Å². The molecule has 1 fully saturated rings. The van der Waals surface area contributed by atoms with Crippen molar-refractivity contribution in [3.8, 4) is 0 Å². The fraction of sp³-hybridized carbons (Fsp3) is 0.611. The summed E-state index contributed by atoms with van der Waals surface area (Å²) in [5, 5.41) is 0. The normalized spacial score (nSPS) is 22.5. The smallest absolute Gasteiger partial charge is 0.219 e. The van der Waals surface area contributed by atoms with E-state index in [2.05, 4.69) is 36.1 Å². The van der Waals surface area contributed by atoms with E-state index in [1.165, 1.54) is 37.7 Å². The van der Waals surface area contributed by atoms with E-state index in [0.29, 0.717) is 6.04 Å². The van der Waals surface area contributed by atoms with Gasteiger partial charge in [-0.05, 0) is 43.6 Å². The van der Waals surface area contributed by atoms with Gasteiger partial charge < -0.3 is 4.90 Å². The van der Waals surface area contributed by atoms with Gasteiger partial charge in [-0.2, -0.15) is 0 Å². The monoisotopic (exact) mass is 273 g/mol. The summed E-state index contributed by atoms with van der Waals surface area (Å²) in [6.07, 6.45) is 7.21. The Morgan fingerprint density at radius 2 is 1.80 bits per heavy atom. The fourth-order valence-electron chi connectivity index (χ4n) is 3.36. The van der Waals surface area contributed by atoms with Crippen LogP contribution >= 0.6 is 0 Å². The molecule has 1 aliphatic rings. The van der Waals surface area contributed by atoms with Crippen LogP contribution in [-0.4, -0.2) is 23.4 Å². The SMILES string of the molecule is CCC1CCC(N(CCc2ccccc2)C(C)=O)CC1. The molecule has 0 bridgehead atoms. The molecule has 0 atom stereocenters. The summed E-state index contributed by atoms with van der Waals surface area (Å²) in [5.74, 6) is 1.12. The Balaban J connectivity index is 1.89. The van der Waals surface area contributed by atoms with E-state index in [4.69, 9.17) is 0 Å². The Bertz CT molecular complexity index is 407. The minimum atomic E-state index is 0.237. The topological polar surface area (TPSA) is 20.3 Å². The van der Waals surface area contributed by atoms with E-state index < -0.39 is 0 Å². The maximum atomic E-state index is 11.9. The maximum Gasteiger partial charge on any atom is 0.219 e. The molecule has 20 heavy (non-hydrogen) atoms. The van der Waals surface area contributed by atoms with Gasteiger partial charge in [-0.3, -0.25) is 4.79 Å². The first-order chi connectivity index (χ1) is 9.70. The van der Waals surface area contributed by atoms with Crippen molar-refractivity contribution in [3.05, 3.63) is 35.9 Å². The molecule has 1 saturated carbocycles. The van der Waals surface area contributed by atoms with E-state index in [0.717, 1.165) is 18.9 Å². The average Bonchev–Trinajstić information content (AvgIpc) is 2.49. The number of amides is 1. The number of carbonyl (C=O) groups excluding carboxylic acids is 1. The molecular weight excluding hydrogens is 246 g/mol. The molecular formula is C18H27NO. The molecule has 2 heteroatoms. The third-order valence-electron chi connectivity index (χ3n) is 4.72. The second kappa shape index (κ2) is 7.47. The first-order valence-corrected chi connectivity index (χ1v) is 8.01. The molecule has 0 heterocycles. The first-order valence-electron chi connectivity index (χ1n) is 8.01. The summed E-state index contributed by atoms with van der Waals surface area (Å²) in [7, 11) is 0. The number of benzene rings is 1. The van der Waals surface area contributed by atoms with Gasteiger partial charge in [0.2, 0.25) is 5.91 Å². The molecule has 1 aliphatic carbocycles. The summed E-state index contributed by atoms with van der Waals surface area (Å²) in [6, 6.07) is 10.9. The Kier molecular flexibility index (Phi) is 5.63. The Labute approximate surface area is 123 Å². The summed E-state index contributed by atoms with van der Waals surface area (Å²) < 4.78 is 0. The van der Waals surface area contributed by atoms with Gasteiger partial charge in [0.25, 0.3) is 0 Å². The Hall–Kier alpha value is -1.31. The molecule has 1 aromatic carbocycles. The van der Waals surface area contributed by atoms with Crippen LogP contribution in [0.3, 0.4) is 0 Å². The van der Waals surface area contributed by atoms with Gasteiger partial charge in [0.1, 0.15) is 0 Å². The molecule has 0 N–H and O–H groups in total. The zero-order chi connectivity index (χ0) is 14.4. The van der Waals surface area contributed by atoms with Gasteiger partial charge >= 0.3 is 0 Å². The van der Waals surface area contributed by atoms with Crippen molar-refractivity contribution in [1.29, 1.82) is 0 Å². The standard InChI is InChI=1S/C18H27NO/c1-3-16-9-11-18(12-10-16)19(15(2)20)14-13-17-7-5-4-6-8-17/h4-8,16,18H,3,9-14H2,1-2H3. The van der Waals surface area contributed by atoms with Crippen molar-refractivity contribution < 1.29 is 4.79 Å². The molecule has 1 amide bonds. The second-order valence-corrected chi connectivity index (χ2v) is 6.03. The van der Waals surface area contributed by atoms with Crippen LogP contribution < -0.4 is 0 Å². The highest BCUT2D eigenvalue weighted by Crippen LogP contribution is 2.29. The van der Waals surface area contributed by atoms with Gasteiger partial charge in [-0.25, -0.2) is 0 Å². The molecule has 0 spiro atoms. The molecule has 0 unspecified atom stereocenters. The van der Waals surface area contributed by atoms with E-state index in [-0.39, 0.29) is 5.91 Å². The van der Waals surface area contributed by atoms with Crippen LogP contribution in [-0.2, 0) is 11.2 Å². The summed E-state index contributed by atoms with van der Waals surface area (Å²) >= 11 is 0. The number of rotatable bonds is 5. The number of hydrogen-bond donors (Lipinski definition) is 0. The first kappa shape index (κ1) is 15.1. The van der Waals surface area contributed by atoms with Gasteiger partial charge in [-0.15, -0.1) is 0 Å². The molecule has 110 valence electrons. The van der Waals surface area contributed by atoms with E-state index in [1.54, 1.807) is 6.92 Å². The maximum absolute atomic E-state index is 11.9. The highest BCUT2D eigenvalue weighted by atomic mass is 16.2. The Morgan fingerprint density at radius 1 is 1.15 bits per heavy atom. The van der Waals surface area contributed by atoms with Crippen LogP contribution in [0, 0.1) is 5.92 Å². The third-order valence-corrected chi connectivity index (χ3v) is 4.72. The van der Waals surface area contributed by atoms with Crippen molar-refractivity contribution in [2.24, 2.45) is 5.92 Å². The van der Waals surface area contributed by atoms with Crippen LogP contribution in [0.4, 0.5) is 0 Å². The minimum absolute atomic E-state index is 0.237. The number of carbonyl (C=O) groups is 1. The molecule has 0 aromatic heterocycles. The zero-order valence-electron chi connectivity index (χ0n) is 12.8. The lowest BCUT2D eigenvalue weighted by Gasteiger charge is -2.36. The molecule has 2 rings (SSSR count). The number of nitrogens with zero attached hydrogens (tertiary/aromatic N) is 1. The van der Waals surface area contributed by atoms with Crippen LogP contribution in [0.2, 0.25) is 0 Å². The predicted octanol–water partition coefficient (Wildman–Crippen LogP) is 4.05. The zero-order valence-corrected chi connectivity index (χ0v) is 12.8. The van der Waals surface area contributed by atoms with Crippen LogP contribution in [0.1, 0.15) is 51.5 Å². The number of hydrogen-bond acceptors (Lipinski definition) is 1. The quantitative estimate of drug-likeness (QED) is 0.792. The average molecular weight is 273 g/mol. The Morgan fingerprint density at radius 3 is 2.35 bits per heavy atom. The predicted molar refractivity (Wildman–Crippen MR) is 83.6 cm³/mol.